The van der Waals surface area contributed by atoms with Crippen molar-refractivity contribution in [1.29, 1.82) is 0 Å². The molecular formula is C38H32FN3O3S. The summed E-state index contributed by atoms with van der Waals surface area (Å²) in [5.41, 5.74) is 4.43. The van der Waals surface area contributed by atoms with E-state index >= 15 is 0 Å². The van der Waals surface area contributed by atoms with Gasteiger partial charge in [0.15, 0.2) is 0 Å². The number of hydrogen-bond acceptors (Lipinski definition) is 4. The first-order valence-corrected chi connectivity index (χ1v) is 15.5. The maximum absolute atomic E-state index is 14.5. The van der Waals surface area contributed by atoms with Gasteiger partial charge < -0.3 is 16.0 Å². The number of benzene rings is 5. The van der Waals surface area contributed by atoms with E-state index in [-0.39, 0.29) is 17.2 Å². The molecule has 0 fully saturated rings. The zero-order chi connectivity index (χ0) is 32.5. The molecule has 0 aliphatic heterocycles. The van der Waals surface area contributed by atoms with Crippen LogP contribution in [0.25, 0.3) is 6.08 Å². The van der Waals surface area contributed by atoms with Crippen LogP contribution in [-0.2, 0) is 9.59 Å². The van der Waals surface area contributed by atoms with E-state index in [1.165, 1.54) is 30.0 Å². The molecule has 0 aliphatic carbocycles. The number of thioether (sulfide) groups is 1. The number of hydrogen-bond donors (Lipinski definition) is 3. The van der Waals surface area contributed by atoms with Gasteiger partial charge in [-0.05, 0) is 73.5 Å². The molecule has 0 aromatic heterocycles. The van der Waals surface area contributed by atoms with Gasteiger partial charge in [0.1, 0.15) is 16.8 Å². The minimum atomic E-state index is -0.637. The Bertz CT molecular complexity index is 1890. The van der Waals surface area contributed by atoms with Crippen LogP contribution in [0.3, 0.4) is 0 Å². The van der Waals surface area contributed by atoms with Crippen molar-refractivity contribution in [3.8, 4) is 0 Å². The van der Waals surface area contributed by atoms with Crippen LogP contribution in [0, 0.1) is 19.7 Å². The van der Waals surface area contributed by atoms with Gasteiger partial charge in [-0.25, -0.2) is 4.39 Å². The monoisotopic (exact) mass is 629 g/mol. The lowest BCUT2D eigenvalue weighted by molar-refractivity contribution is -0.116. The molecule has 8 heteroatoms. The summed E-state index contributed by atoms with van der Waals surface area (Å²) in [5, 5.41) is 7.93. The molecule has 5 aromatic rings. The molecule has 5 aromatic carbocycles. The van der Waals surface area contributed by atoms with Crippen molar-refractivity contribution in [2.75, 3.05) is 10.6 Å². The highest BCUT2D eigenvalue weighted by Crippen LogP contribution is 2.37. The highest BCUT2D eigenvalue weighted by molar-refractivity contribution is 8.00. The molecule has 3 N–H and O–H groups in total. The summed E-state index contributed by atoms with van der Waals surface area (Å²) in [7, 11) is 0. The summed E-state index contributed by atoms with van der Waals surface area (Å²) in [6, 6.07) is 36.8. The van der Waals surface area contributed by atoms with Crippen LogP contribution in [-0.4, -0.2) is 17.7 Å². The second kappa shape index (κ2) is 15.0. The van der Waals surface area contributed by atoms with Crippen molar-refractivity contribution >= 4 is 46.9 Å². The third-order valence-electron chi connectivity index (χ3n) is 7.06. The van der Waals surface area contributed by atoms with E-state index in [2.05, 4.69) is 16.0 Å². The maximum atomic E-state index is 14.5. The molecule has 0 aliphatic rings. The zero-order valence-electron chi connectivity index (χ0n) is 25.3. The van der Waals surface area contributed by atoms with Gasteiger partial charge in [-0.2, -0.15) is 0 Å². The molecule has 1 unspecified atom stereocenters. The summed E-state index contributed by atoms with van der Waals surface area (Å²) < 4.78 is 14.5. The highest BCUT2D eigenvalue weighted by atomic mass is 32.2. The smallest absolute Gasteiger partial charge is 0.272 e. The molecular weight excluding hydrogens is 598 g/mol. The summed E-state index contributed by atoms with van der Waals surface area (Å²) >= 11 is 1.34. The molecule has 1 atom stereocenters. The van der Waals surface area contributed by atoms with E-state index in [1.54, 1.807) is 60.7 Å². The Balaban J connectivity index is 1.38. The van der Waals surface area contributed by atoms with Crippen LogP contribution in [0.2, 0.25) is 0 Å². The van der Waals surface area contributed by atoms with Crippen LogP contribution in [0.1, 0.15) is 37.9 Å². The van der Waals surface area contributed by atoms with Crippen LogP contribution in [0.4, 0.5) is 15.8 Å². The summed E-state index contributed by atoms with van der Waals surface area (Å²) in [5.74, 6) is -1.87. The molecule has 46 heavy (non-hydrogen) atoms. The third kappa shape index (κ3) is 8.37. The normalized spacial score (nSPS) is 11.8. The fourth-order valence-corrected chi connectivity index (χ4v) is 5.81. The van der Waals surface area contributed by atoms with Crippen molar-refractivity contribution < 1.29 is 18.8 Å². The van der Waals surface area contributed by atoms with Gasteiger partial charge in [0.25, 0.3) is 11.8 Å². The average Bonchev–Trinajstić information content (AvgIpc) is 3.06. The SMILES string of the molecule is Cc1ccc(NC(=O)C(Sc2cccc(NC(=O)/C(=C/c3ccccc3F)NC(=O)c3ccccc3)c2)c2ccccc2)c(C)c1. The standard InChI is InChI=1S/C38H32FN3O3S/c1-25-20-21-33(26(2)22-25)41-38(45)35(27-12-5-3-6-13-27)46-31-18-11-17-30(24-31)40-37(44)34(23-29-16-9-10-19-32(29)39)42-36(43)28-14-7-4-8-15-28/h3-24,35H,1-2H3,(H,40,44)(H,41,45)(H,42,43)/b34-23-. The van der Waals surface area contributed by atoms with E-state index in [4.69, 9.17) is 0 Å². The molecule has 0 saturated heterocycles. The molecule has 6 nitrogen and oxygen atoms in total. The summed E-state index contributed by atoms with van der Waals surface area (Å²) in [6.45, 7) is 3.96. The maximum Gasteiger partial charge on any atom is 0.272 e. The average molecular weight is 630 g/mol. The Hall–Kier alpha value is -5.47. The van der Waals surface area contributed by atoms with Gasteiger partial charge in [0, 0.05) is 27.4 Å². The van der Waals surface area contributed by atoms with E-state index in [9.17, 15) is 18.8 Å². The van der Waals surface area contributed by atoms with E-state index in [1.807, 2.05) is 68.4 Å². The van der Waals surface area contributed by atoms with Gasteiger partial charge in [-0.1, -0.05) is 90.5 Å². The van der Waals surface area contributed by atoms with E-state index in [0.29, 0.717) is 11.3 Å². The third-order valence-corrected chi connectivity index (χ3v) is 8.31. The zero-order valence-corrected chi connectivity index (χ0v) is 26.1. The van der Waals surface area contributed by atoms with Gasteiger partial charge >= 0.3 is 0 Å². The summed E-state index contributed by atoms with van der Waals surface area (Å²) in [4.78, 5) is 40.9. The van der Waals surface area contributed by atoms with Gasteiger partial charge in [-0.3, -0.25) is 14.4 Å². The van der Waals surface area contributed by atoms with Crippen LogP contribution >= 0.6 is 11.8 Å². The lowest BCUT2D eigenvalue weighted by atomic mass is 10.1. The van der Waals surface area contributed by atoms with Crippen LogP contribution in [0.15, 0.2) is 138 Å². The molecule has 5 rings (SSSR count). The van der Waals surface area contributed by atoms with Crippen molar-refractivity contribution in [3.63, 3.8) is 0 Å². The molecule has 230 valence electrons. The Labute approximate surface area is 271 Å². The first-order valence-electron chi connectivity index (χ1n) is 14.6. The molecule has 0 heterocycles. The Morgan fingerprint density at radius 1 is 0.739 bits per heavy atom. The molecule has 0 radical (unpaired) electrons. The van der Waals surface area contributed by atoms with Crippen molar-refractivity contribution in [3.05, 3.63) is 167 Å². The van der Waals surface area contributed by atoms with E-state index in [0.717, 1.165) is 27.3 Å². The summed E-state index contributed by atoms with van der Waals surface area (Å²) in [6.07, 6.45) is 1.30. The topological polar surface area (TPSA) is 87.3 Å². The van der Waals surface area contributed by atoms with E-state index < -0.39 is 22.9 Å². The predicted molar refractivity (Wildman–Crippen MR) is 183 cm³/mol. The fraction of sp³-hybridized carbons (Fsp3) is 0.0789. The number of nitrogens with one attached hydrogen (secondary N) is 3. The minimum Gasteiger partial charge on any atom is -0.325 e. The van der Waals surface area contributed by atoms with Crippen molar-refractivity contribution in [1.82, 2.24) is 5.32 Å². The van der Waals surface area contributed by atoms with Gasteiger partial charge in [0.05, 0.1) is 0 Å². The molecule has 3 amide bonds. The van der Waals surface area contributed by atoms with Crippen LogP contribution in [0.5, 0.6) is 0 Å². The first kappa shape index (κ1) is 31.9. The Kier molecular flexibility index (Phi) is 10.4. The molecule has 0 saturated carbocycles. The van der Waals surface area contributed by atoms with Crippen molar-refractivity contribution in [2.45, 2.75) is 24.0 Å². The quantitative estimate of drug-likeness (QED) is 0.107. The number of rotatable bonds is 10. The lowest BCUT2D eigenvalue weighted by Gasteiger charge is -2.19. The number of anilines is 2. The second-order valence-electron chi connectivity index (χ2n) is 10.6. The van der Waals surface area contributed by atoms with Gasteiger partial charge in [0.2, 0.25) is 5.91 Å². The number of carbonyl (C=O) groups excluding carboxylic acids is 3. The lowest BCUT2D eigenvalue weighted by Crippen LogP contribution is -2.30. The fourth-order valence-electron chi connectivity index (χ4n) is 4.72. The van der Waals surface area contributed by atoms with Crippen molar-refractivity contribution in [2.24, 2.45) is 0 Å². The van der Waals surface area contributed by atoms with Gasteiger partial charge in [-0.15, -0.1) is 11.8 Å². The number of halogens is 1. The highest BCUT2D eigenvalue weighted by Gasteiger charge is 2.23. The number of amides is 3. The Morgan fingerprint density at radius 3 is 2.15 bits per heavy atom. The predicted octanol–water partition coefficient (Wildman–Crippen LogP) is 8.32. The van der Waals surface area contributed by atoms with Crippen LogP contribution < -0.4 is 16.0 Å². The largest absolute Gasteiger partial charge is 0.325 e. The second-order valence-corrected chi connectivity index (χ2v) is 11.8. The first-order chi connectivity index (χ1) is 22.3. The number of carbonyl (C=O) groups is 3. The Morgan fingerprint density at radius 2 is 1.43 bits per heavy atom. The minimum absolute atomic E-state index is 0.132. The number of aryl methyl sites for hydroxylation is 2. The molecule has 0 spiro atoms. The molecule has 0 bridgehead atoms.